The van der Waals surface area contributed by atoms with Crippen LogP contribution in [0.3, 0.4) is 0 Å². The molecular formula is C20H31FIN7. The van der Waals surface area contributed by atoms with Crippen LogP contribution in [0, 0.1) is 5.82 Å². The second-order valence-corrected chi connectivity index (χ2v) is 6.96. The number of aryl methyl sites for hydroxylation is 1. The Labute approximate surface area is 189 Å². The molecule has 7 nitrogen and oxygen atoms in total. The maximum Gasteiger partial charge on any atom is 0.191 e. The molecule has 1 aliphatic heterocycles. The summed E-state index contributed by atoms with van der Waals surface area (Å²) in [7, 11) is 0. The first kappa shape index (κ1) is 23.4. The van der Waals surface area contributed by atoms with Crippen LogP contribution >= 0.6 is 24.0 Å². The molecule has 3 rings (SSSR count). The van der Waals surface area contributed by atoms with Gasteiger partial charge in [-0.2, -0.15) is 0 Å². The standard InChI is InChI=1S/C20H30FN7.HI/c1-3-19-26-24-15-28(19)12-10-23-20(22-4-2)25-17-8-6-11-27(14-17)18-9-5-7-16(21)13-18;/h5,7,9,13,15,17H,3-4,6,8,10-12,14H2,1-2H3,(H2,22,23,25);1H. The third kappa shape index (κ3) is 6.83. The van der Waals surface area contributed by atoms with Gasteiger partial charge in [-0.1, -0.05) is 13.0 Å². The van der Waals surface area contributed by atoms with Crippen LogP contribution in [0.2, 0.25) is 0 Å². The molecule has 0 aliphatic carbocycles. The maximum absolute atomic E-state index is 13.6. The van der Waals surface area contributed by atoms with Crippen molar-refractivity contribution in [2.45, 2.75) is 45.7 Å². The van der Waals surface area contributed by atoms with Crippen LogP contribution in [0.15, 0.2) is 35.6 Å². The van der Waals surface area contributed by atoms with Gasteiger partial charge >= 0.3 is 0 Å². The van der Waals surface area contributed by atoms with E-state index in [1.165, 1.54) is 6.07 Å². The first-order chi connectivity index (χ1) is 13.7. The van der Waals surface area contributed by atoms with Crippen LogP contribution in [-0.2, 0) is 13.0 Å². The number of aliphatic imine (C=N–C) groups is 1. The van der Waals surface area contributed by atoms with E-state index in [-0.39, 0.29) is 35.8 Å². The molecule has 160 valence electrons. The second-order valence-electron chi connectivity index (χ2n) is 6.96. The summed E-state index contributed by atoms with van der Waals surface area (Å²) in [5.41, 5.74) is 0.938. The minimum Gasteiger partial charge on any atom is -0.369 e. The molecule has 2 heterocycles. The molecule has 0 amide bonds. The quantitative estimate of drug-likeness (QED) is 0.337. The van der Waals surface area contributed by atoms with Gasteiger partial charge in [0.05, 0.1) is 6.54 Å². The zero-order valence-corrected chi connectivity index (χ0v) is 19.5. The zero-order valence-electron chi connectivity index (χ0n) is 17.1. The van der Waals surface area contributed by atoms with Crippen molar-refractivity contribution in [3.63, 3.8) is 0 Å². The normalized spacial score (nSPS) is 17.0. The van der Waals surface area contributed by atoms with Gasteiger partial charge in [0.1, 0.15) is 18.0 Å². The van der Waals surface area contributed by atoms with Crippen LogP contribution in [0.25, 0.3) is 0 Å². The molecule has 9 heteroatoms. The molecule has 1 fully saturated rings. The monoisotopic (exact) mass is 515 g/mol. The molecule has 0 spiro atoms. The summed E-state index contributed by atoms with van der Waals surface area (Å²) in [5.74, 6) is 1.61. The highest BCUT2D eigenvalue weighted by Crippen LogP contribution is 2.20. The Balaban J connectivity index is 0.00000300. The molecule has 1 aliphatic rings. The summed E-state index contributed by atoms with van der Waals surface area (Å²) in [6, 6.07) is 7.10. The molecule has 1 unspecified atom stereocenters. The first-order valence-corrected chi connectivity index (χ1v) is 10.1. The predicted octanol–water partition coefficient (Wildman–Crippen LogP) is 2.82. The Morgan fingerprint density at radius 1 is 1.34 bits per heavy atom. The average Bonchev–Trinajstić information content (AvgIpc) is 3.16. The second kappa shape index (κ2) is 11.9. The van der Waals surface area contributed by atoms with Gasteiger partial charge in [-0.25, -0.2) is 4.39 Å². The molecule has 0 saturated carbocycles. The Bertz CT molecular complexity index is 780. The van der Waals surface area contributed by atoms with E-state index in [1.54, 1.807) is 18.5 Å². The lowest BCUT2D eigenvalue weighted by Gasteiger charge is -2.35. The SMILES string of the molecule is CCNC(=NCCn1cnnc1CC)NC1CCCN(c2cccc(F)c2)C1.I. The molecule has 2 aromatic rings. The highest BCUT2D eigenvalue weighted by atomic mass is 127. The van der Waals surface area contributed by atoms with E-state index in [4.69, 9.17) is 4.99 Å². The lowest BCUT2D eigenvalue weighted by molar-refractivity contribution is 0.467. The van der Waals surface area contributed by atoms with E-state index in [0.717, 1.165) is 62.9 Å². The summed E-state index contributed by atoms with van der Waals surface area (Å²) < 4.78 is 15.6. The Morgan fingerprint density at radius 3 is 2.97 bits per heavy atom. The Kier molecular flexibility index (Phi) is 9.62. The Hall–Kier alpha value is -1.91. The highest BCUT2D eigenvalue weighted by Gasteiger charge is 2.21. The molecule has 29 heavy (non-hydrogen) atoms. The van der Waals surface area contributed by atoms with E-state index in [2.05, 4.69) is 39.6 Å². The van der Waals surface area contributed by atoms with E-state index < -0.39 is 0 Å². The van der Waals surface area contributed by atoms with Gasteiger partial charge in [0.15, 0.2) is 5.96 Å². The van der Waals surface area contributed by atoms with Crippen molar-refractivity contribution in [3.8, 4) is 0 Å². The molecule has 0 radical (unpaired) electrons. The summed E-state index contributed by atoms with van der Waals surface area (Å²) in [4.78, 5) is 6.94. The molecule has 2 N–H and O–H groups in total. The molecule has 1 aromatic carbocycles. The summed E-state index contributed by atoms with van der Waals surface area (Å²) in [5, 5.41) is 14.9. The maximum atomic E-state index is 13.6. The fourth-order valence-electron chi connectivity index (χ4n) is 3.52. The van der Waals surface area contributed by atoms with Crippen molar-refractivity contribution in [1.82, 2.24) is 25.4 Å². The molecule has 0 bridgehead atoms. The number of nitrogens with one attached hydrogen (secondary N) is 2. The summed E-state index contributed by atoms with van der Waals surface area (Å²) in [6.45, 7) is 8.13. The fourth-order valence-corrected chi connectivity index (χ4v) is 3.52. The number of anilines is 1. The number of guanidine groups is 1. The van der Waals surface area contributed by atoms with Crippen molar-refractivity contribution >= 4 is 35.6 Å². The molecule has 1 aromatic heterocycles. The lowest BCUT2D eigenvalue weighted by atomic mass is 10.0. The van der Waals surface area contributed by atoms with Crippen LogP contribution in [0.1, 0.15) is 32.5 Å². The number of halogens is 2. The molecular weight excluding hydrogens is 484 g/mol. The average molecular weight is 515 g/mol. The van der Waals surface area contributed by atoms with Crippen molar-refractivity contribution in [2.75, 3.05) is 31.1 Å². The van der Waals surface area contributed by atoms with E-state index in [9.17, 15) is 4.39 Å². The number of rotatable bonds is 7. The Morgan fingerprint density at radius 2 is 2.21 bits per heavy atom. The van der Waals surface area contributed by atoms with Gasteiger partial charge in [0, 0.05) is 44.3 Å². The smallest absolute Gasteiger partial charge is 0.191 e. The topological polar surface area (TPSA) is 70.4 Å². The minimum atomic E-state index is -0.192. The number of hydrogen-bond acceptors (Lipinski definition) is 4. The number of nitrogens with zero attached hydrogens (tertiary/aromatic N) is 5. The van der Waals surface area contributed by atoms with Crippen molar-refractivity contribution in [3.05, 3.63) is 42.2 Å². The number of hydrogen-bond donors (Lipinski definition) is 2. The van der Waals surface area contributed by atoms with E-state index >= 15 is 0 Å². The predicted molar refractivity (Wildman–Crippen MR) is 126 cm³/mol. The number of benzene rings is 1. The van der Waals surface area contributed by atoms with Gasteiger partial charge in [-0.15, -0.1) is 34.2 Å². The third-order valence-electron chi connectivity index (χ3n) is 4.90. The summed E-state index contributed by atoms with van der Waals surface area (Å²) >= 11 is 0. The van der Waals surface area contributed by atoms with Crippen LogP contribution in [0.5, 0.6) is 0 Å². The van der Waals surface area contributed by atoms with Gasteiger partial charge < -0.3 is 20.1 Å². The van der Waals surface area contributed by atoms with Crippen LogP contribution in [-0.4, -0.2) is 52.9 Å². The summed E-state index contributed by atoms with van der Waals surface area (Å²) in [6.07, 6.45) is 4.75. The zero-order chi connectivity index (χ0) is 19.8. The van der Waals surface area contributed by atoms with Gasteiger partial charge in [0.25, 0.3) is 0 Å². The van der Waals surface area contributed by atoms with E-state index in [1.807, 2.05) is 10.6 Å². The molecule has 1 atom stereocenters. The van der Waals surface area contributed by atoms with E-state index in [0.29, 0.717) is 6.54 Å². The van der Waals surface area contributed by atoms with Crippen molar-refractivity contribution in [1.29, 1.82) is 0 Å². The first-order valence-electron chi connectivity index (χ1n) is 10.1. The van der Waals surface area contributed by atoms with Crippen LogP contribution in [0.4, 0.5) is 10.1 Å². The van der Waals surface area contributed by atoms with Crippen molar-refractivity contribution in [2.24, 2.45) is 4.99 Å². The van der Waals surface area contributed by atoms with Gasteiger partial charge in [0.2, 0.25) is 0 Å². The largest absolute Gasteiger partial charge is 0.369 e. The molecule has 1 saturated heterocycles. The van der Waals surface area contributed by atoms with Crippen LogP contribution < -0.4 is 15.5 Å². The van der Waals surface area contributed by atoms with Crippen molar-refractivity contribution < 1.29 is 4.39 Å². The minimum absolute atomic E-state index is 0. The van der Waals surface area contributed by atoms with Gasteiger partial charge in [-0.05, 0) is 38.0 Å². The fraction of sp³-hybridized carbons (Fsp3) is 0.550. The highest BCUT2D eigenvalue weighted by molar-refractivity contribution is 14.0. The number of aromatic nitrogens is 3. The van der Waals surface area contributed by atoms with Gasteiger partial charge in [-0.3, -0.25) is 4.99 Å². The third-order valence-corrected chi connectivity index (χ3v) is 4.90. The lowest BCUT2D eigenvalue weighted by Crippen LogP contribution is -2.51. The number of piperidine rings is 1.